The zero-order chi connectivity index (χ0) is 12.2. The number of hydrogen-bond donors (Lipinski definition) is 2. The minimum atomic E-state index is -0.0459. The van der Waals surface area contributed by atoms with Gasteiger partial charge in [-0.15, -0.1) is 0 Å². The molecule has 0 heterocycles. The van der Waals surface area contributed by atoms with Gasteiger partial charge in [0, 0.05) is 6.42 Å². The lowest BCUT2D eigenvalue weighted by molar-refractivity contribution is -0.122. The molecule has 0 radical (unpaired) electrons. The number of unbranched alkanes of at least 4 members (excludes halogenated alkanes) is 6. The predicted molar refractivity (Wildman–Crippen MR) is 68.7 cm³/mol. The standard InChI is InChI=1S/C13H28N2O/c1-3-4-5-6-7-8-9-10-12(2)11-13(16)15-14/h12H,3-11,14H2,1-2H3,(H,15,16). The van der Waals surface area contributed by atoms with E-state index in [4.69, 9.17) is 5.84 Å². The smallest absolute Gasteiger partial charge is 0.234 e. The van der Waals surface area contributed by atoms with Crippen LogP contribution in [-0.2, 0) is 4.79 Å². The Kier molecular flexibility index (Phi) is 10.5. The molecule has 0 aromatic rings. The molecule has 3 N–H and O–H groups in total. The second kappa shape index (κ2) is 10.9. The summed E-state index contributed by atoms with van der Waals surface area (Å²) in [6, 6.07) is 0. The molecule has 0 aliphatic heterocycles. The van der Waals surface area contributed by atoms with Crippen LogP contribution in [0.2, 0.25) is 0 Å². The monoisotopic (exact) mass is 228 g/mol. The van der Waals surface area contributed by atoms with E-state index >= 15 is 0 Å². The van der Waals surface area contributed by atoms with E-state index in [0.29, 0.717) is 12.3 Å². The highest BCUT2D eigenvalue weighted by molar-refractivity contribution is 5.75. The number of nitrogens with one attached hydrogen (secondary N) is 1. The minimum Gasteiger partial charge on any atom is -0.294 e. The molecule has 0 aromatic heterocycles. The van der Waals surface area contributed by atoms with Crippen molar-refractivity contribution in [2.45, 2.75) is 71.6 Å². The van der Waals surface area contributed by atoms with Gasteiger partial charge in [0.15, 0.2) is 0 Å². The van der Waals surface area contributed by atoms with Crippen LogP contribution in [0.1, 0.15) is 71.6 Å². The normalized spacial score (nSPS) is 12.4. The lowest BCUT2D eigenvalue weighted by Gasteiger charge is -2.09. The molecule has 0 aliphatic carbocycles. The van der Waals surface area contributed by atoms with E-state index in [1.54, 1.807) is 0 Å². The van der Waals surface area contributed by atoms with Gasteiger partial charge in [-0.3, -0.25) is 10.2 Å². The molecule has 0 aromatic carbocycles. The van der Waals surface area contributed by atoms with Crippen LogP contribution in [0.3, 0.4) is 0 Å². The fourth-order valence-electron chi connectivity index (χ4n) is 1.93. The van der Waals surface area contributed by atoms with Crippen molar-refractivity contribution >= 4 is 5.91 Å². The molecule has 0 bridgehead atoms. The fraction of sp³-hybridized carbons (Fsp3) is 0.923. The third-order valence-electron chi connectivity index (χ3n) is 3.00. The Labute approximate surface area is 100 Å². The summed E-state index contributed by atoms with van der Waals surface area (Å²) in [7, 11) is 0. The number of carbonyl (C=O) groups is 1. The number of hydrogen-bond acceptors (Lipinski definition) is 2. The number of carbonyl (C=O) groups excluding carboxylic acids is 1. The van der Waals surface area contributed by atoms with E-state index < -0.39 is 0 Å². The van der Waals surface area contributed by atoms with Gasteiger partial charge >= 0.3 is 0 Å². The second-order valence-corrected chi connectivity index (χ2v) is 4.79. The second-order valence-electron chi connectivity index (χ2n) is 4.79. The molecule has 3 heteroatoms. The fourth-order valence-corrected chi connectivity index (χ4v) is 1.93. The molecule has 1 atom stereocenters. The summed E-state index contributed by atoms with van der Waals surface area (Å²) in [5.74, 6) is 5.46. The lowest BCUT2D eigenvalue weighted by atomic mass is 9.98. The highest BCUT2D eigenvalue weighted by Gasteiger charge is 2.06. The Bertz CT molecular complexity index is 171. The van der Waals surface area contributed by atoms with E-state index in [2.05, 4.69) is 19.3 Å². The van der Waals surface area contributed by atoms with Crippen LogP contribution < -0.4 is 11.3 Å². The van der Waals surface area contributed by atoms with Gasteiger partial charge in [0.05, 0.1) is 0 Å². The molecule has 96 valence electrons. The van der Waals surface area contributed by atoms with Crippen molar-refractivity contribution in [2.75, 3.05) is 0 Å². The van der Waals surface area contributed by atoms with Crippen molar-refractivity contribution in [1.29, 1.82) is 0 Å². The van der Waals surface area contributed by atoms with Crippen molar-refractivity contribution in [3.8, 4) is 0 Å². The summed E-state index contributed by atoms with van der Waals surface area (Å²) in [5, 5.41) is 0. The summed E-state index contributed by atoms with van der Waals surface area (Å²) in [6.45, 7) is 4.36. The molecular formula is C13H28N2O. The van der Waals surface area contributed by atoms with Gasteiger partial charge < -0.3 is 0 Å². The molecule has 1 unspecified atom stereocenters. The van der Waals surface area contributed by atoms with Crippen LogP contribution in [0, 0.1) is 5.92 Å². The van der Waals surface area contributed by atoms with Crippen molar-refractivity contribution < 1.29 is 4.79 Å². The largest absolute Gasteiger partial charge is 0.294 e. The van der Waals surface area contributed by atoms with Crippen molar-refractivity contribution in [3.05, 3.63) is 0 Å². The molecule has 0 fully saturated rings. The average molecular weight is 228 g/mol. The maximum atomic E-state index is 11.0. The van der Waals surface area contributed by atoms with Crippen LogP contribution in [0.4, 0.5) is 0 Å². The Morgan fingerprint density at radius 3 is 2.25 bits per heavy atom. The SMILES string of the molecule is CCCCCCCCCC(C)CC(=O)NN. The van der Waals surface area contributed by atoms with E-state index in [0.717, 1.165) is 6.42 Å². The minimum absolute atomic E-state index is 0.0459. The number of hydrazine groups is 1. The maximum absolute atomic E-state index is 11.0. The molecule has 0 rings (SSSR count). The Balaban J connectivity index is 3.21. The third-order valence-corrected chi connectivity index (χ3v) is 3.00. The summed E-state index contributed by atoms with van der Waals surface area (Å²) in [6.07, 6.45) is 11.0. The van der Waals surface area contributed by atoms with Gasteiger partial charge in [0.25, 0.3) is 0 Å². The molecule has 1 amide bonds. The molecule has 0 aliphatic rings. The van der Waals surface area contributed by atoms with E-state index in [1.165, 1.54) is 44.9 Å². The van der Waals surface area contributed by atoms with Crippen LogP contribution in [0.25, 0.3) is 0 Å². The van der Waals surface area contributed by atoms with Crippen LogP contribution in [0.5, 0.6) is 0 Å². The summed E-state index contributed by atoms with van der Waals surface area (Å²) >= 11 is 0. The van der Waals surface area contributed by atoms with Crippen LogP contribution >= 0.6 is 0 Å². The Morgan fingerprint density at radius 1 is 1.12 bits per heavy atom. The van der Waals surface area contributed by atoms with Gasteiger partial charge in [0.2, 0.25) is 5.91 Å². The molecule has 3 nitrogen and oxygen atoms in total. The summed E-state index contributed by atoms with van der Waals surface area (Å²) in [5.41, 5.74) is 2.18. The lowest BCUT2D eigenvalue weighted by Crippen LogP contribution is -2.31. The van der Waals surface area contributed by atoms with E-state index in [9.17, 15) is 4.79 Å². The molecule has 16 heavy (non-hydrogen) atoms. The zero-order valence-electron chi connectivity index (χ0n) is 10.9. The quantitative estimate of drug-likeness (QED) is 0.261. The van der Waals surface area contributed by atoms with Gasteiger partial charge in [-0.2, -0.15) is 0 Å². The van der Waals surface area contributed by atoms with Gasteiger partial charge in [-0.05, 0) is 5.92 Å². The molecule has 0 saturated carbocycles. The van der Waals surface area contributed by atoms with Crippen molar-refractivity contribution in [3.63, 3.8) is 0 Å². The first-order chi connectivity index (χ1) is 7.70. The van der Waals surface area contributed by atoms with Crippen LogP contribution in [-0.4, -0.2) is 5.91 Å². The third kappa shape index (κ3) is 9.97. The van der Waals surface area contributed by atoms with Gasteiger partial charge in [-0.25, -0.2) is 5.84 Å². The first-order valence-electron chi connectivity index (χ1n) is 6.70. The van der Waals surface area contributed by atoms with Crippen LogP contribution in [0.15, 0.2) is 0 Å². The molecule has 0 saturated heterocycles. The maximum Gasteiger partial charge on any atom is 0.234 e. The van der Waals surface area contributed by atoms with Crippen molar-refractivity contribution in [1.82, 2.24) is 5.43 Å². The van der Waals surface area contributed by atoms with Crippen molar-refractivity contribution in [2.24, 2.45) is 11.8 Å². The summed E-state index contributed by atoms with van der Waals surface area (Å²) in [4.78, 5) is 11.0. The highest BCUT2D eigenvalue weighted by Crippen LogP contribution is 2.14. The number of nitrogens with two attached hydrogens (primary N) is 1. The Hall–Kier alpha value is -0.570. The first kappa shape index (κ1) is 15.4. The van der Waals surface area contributed by atoms with E-state index in [1.807, 2.05) is 0 Å². The zero-order valence-corrected chi connectivity index (χ0v) is 10.9. The summed E-state index contributed by atoms with van der Waals surface area (Å²) < 4.78 is 0. The van der Waals surface area contributed by atoms with E-state index in [-0.39, 0.29) is 5.91 Å². The van der Waals surface area contributed by atoms with Gasteiger partial charge in [0.1, 0.15) is 0 Å². The number of amides is 1. The highest BCUT2D eigenvalue weighted by atomic mass is 16.2. The first-order valence-corrected chi connectivity index (χ1v) is 6.70. The van der Waals surface area contributed by atoms with Gasteiger partial charge in [-0.1, -0.05) is 65.2 Å². The molecular weight excluding hydrogens is 200 g/mol. The molecule has 0 spiro atoms. The topological polar surface area (TPSA) is 55.1 Å². The Morgan fingerprint density at radius 2 is 1.69 bits per heavy atom. The number of rotatable bonds is 10. The predicted octanol–water partition coefficient (Wildman–Crippen LogP) is 3.14. The average Bonchev–Trinajstić information content (AvgIpc) is 2.27.